The summed E-state index contributed by atoms with van der Waals surface area (Å²) in [6.07, 6.45) is 0. The Morgan fingerprint density at radius 1 is 1.39 bits per heavy atom. The maximum Gasteiger partial charge on any atom is 0.277 e. The summed E-state index contributed by atoms with van der Waals surface area (Å²) >= 11 is 3.24. The van der Waals surface area contributed by atoms with Crippen molar-refractivity contribution in [2.24, 2.45) is 7.05 Å². The van der Waals surface area contributed by atoms with Crippen LogP contribution >= 0.6 is 15.9 Å². The fourth-order valence-corrected chi connectivity index (χ4v) is 3.08. The highest BCUT2D eigenvalue weighted by molar-refractivity contribution is 9.10. The largest absolute Gasteiger partial charge is 0.277 e. The molecule has 2 aromatic rings. The molecule has 0 aliphatic carbocycles. The molecule has 18 heavy (non-hydrogen) atoms. The summed E-state index contributed by atoms with van der Waals surface area (Å²) < 4.78 is 27.2. The van der Waals surface area contributed by atoms with Crippen molar-refractivity contribution >= 4 is 31.9 Å². The van der Waals surface area contributed by atoms with Gasteiger partial charge in [-0.3, -0.25) is 0 Å². The quantitative estimate of drug-likeness (QED) is 0.908. The molecular formula is C9H10BrN5O2S. The predicted octanol–water partition coefficient (Wildman–Crippen LogP) is 1.08. The third kappa shape index (κ3) is 2.67. The molecule has 0 saturated carbocycles. The number of rotatable bonds is 3. The lowest BCUT2D eigenvalue weighted by molar-refractivity contribution is 0.600. The van der Waals surface area contributed by atoms with E-state index in [0.29, 0.717) is 10.0 Å². The van der Waals surface area contributed by atoms with Crippen LogP contribution in [0.3, 0.4) is 0 Å². The van der Waals surface area contributed by atoms with Gasteiger partial charge in [-0.1, -0.05) is 27.1 Å². The zero-order chi connectivity index (χ0) is 13.3. The van der Waals surface area contributed by atoms with E-state index in [-0.39, 0.29) is 10.8 Å². The van der Waals surface area contributed by atoms with Crippen LogP contribution in [-0.2, 0) is 17.1 Å². The molecule has 0 aliphatic heterocycles. The average molecular weight is 332 g/mol. The minimum Gasteiger partial charge on any atom is -0.245 e. The number of aromatic nitrogens is 4. The van der Waals surface area contributed by atoms with Crippen LogP contribution in [0.15, 0.2) is 27.6 Å². The van der Waals surface area contributed by atoms with Gasteiger partial charge in [0, 0.05) is 4.47 Å². The van der Waals surface area contributed by atoms with Gasteiger partial charge in [-0.15, -0.1) is 5.10 Å². The van der Waals surface area contributed by atoms with Crippen molar-refractivity contribution in [3.8, 4) is 0 Å². The third-order valence-corrected chi connectivity index (χ3v) is 4.14. The number of sulfonamides is 1. The molecule has 9 heteroatoms. The van der Waals surface area contributed by atoms with Gasteiger partial charge < -0.3 is 0 Å². The molecule has 0 aliphatic rings. The minimum atomic E-state index is -3.71. The molecule has 0 fully saturated rings. The van der Waals surface area contributed by atoms with Crippen molar-refractivity contribution in [2.45, 2.75) is 11.8 Å². The summed E-state index contributed by atoms with van der Waals surface area (Å²) in [7, 11) is -2.16. The van der Waals surface area contributed by atoms with Gasteiger partial charge in [0.15, 0.2) is 0 Å². The topological polar surface area (TPSA) is 89.8 Å². The lowest BCUT2D eigenvalue weighted by Crippen LogP contribution is -2.15. The highest BCUT2D eigenvalue weighted by Crippen LogP contribution is 2.21. The molecule has 0 unspecified atom stereocenters. The van der Waals surface area contributed by atoms with Crippen molar-refractivity contribution < 1.29 is 8.42 Å². The van der Waals surface area contributed by atoms with E-state index in [1.165, 1.54) is 10.9 Å². The van der Waals surface area contributed by atoms with Crippen molar-refractivity contribution in [2.75, 3.05) is 4.72 Å². The molecule has 96 valence electrons. The van der Waals surface area contributed by atoms with Crippen LogP contribution < -0.4 is 4.72 Å². The molecule has 0 spiro atoms. The van der Waals surface area contributed by atoms with Gasteiger partial charge in [0.2, 0.25) is 0 Å². The molecule has 0 saturated heterocycles. The lowest BCUT2D eigenvalue weighted by atomic mass is 10.2. The maximum absolute atomic E-state index is 12.1. The Balaban J connectivity index is 2.39. The zero-order valence-electron chi connectivity index (χ0n) is 9.62. The molecule has 0 amide bonds. The third-order valence-electron chi connectivity index (χ3n) is 2.17. The van der Waals surface area contributed by atoms with E-state index in [1.807, 2.05) is 0 Å². The highest BCUT2D eigenvalue weighted by atomic mass is 79.9. The first-order valence-corrected chi connectivity index (χ1v) is 7.19. The van der Waals surface area contributed by atoms with Crippen LogP contribution in [-0.4, -0.2) is 28.6 Å². The van der Waals surface area contributed by atoms with Crippen LogP contribution in [0.5, 0.6) is 0 Å². The Hall–Kier alpha value is -1.48. The van der Waals surface area contributed by atoms with Crippen LogP contribution in [0.25, 0.3) is 0 Å². The summed E-state index contributed by atoms with van der Waals surface area (Å²) in [4.78, 5) is 1.34. The van der Waals surface area contributed by atoms with Gasteiger partial charge >= 0.3 is 0 Å². The first-order chi connectivity index (χ1) is 8.38. The fourth-order valence-electron chi connectivity index (χ4n) is 1.36. The first-order valence-electron chi connectivity index (χ1n) is 4.91. The van der Waals surface area contributed by atoms with E-state index >= 15 is 0 Å². The monoisotopic (exact) mass is 331 g/mol. The Kier molecular flexibility index (Phi) is 3.35. The summed E-state index contributed by atoms with van der Waals surface area (Å²) in [6, 6.07) is 5.01. The number of hydrogen-bond acceptors (Lipinski definition) is 5. The van der Waals surface area contributed by atoms with Gasteiger partial charge in [-0.05, 0) is 29.8 Å². The number of halogens is 1. The predicted molar refractivity (Wildman–Crippen MR) is 68.5 cm³/mol. The molecule has 0 radical (unpaired) electrons. The Morgan fingerprint density at radius 2 is 2.11 bits per heavy atom. The second kappa shape index (κ2) is 4.65. The van der Waals surface area contributed by atoms with Crippen molar-refractivity contribution in [1.29, 1.82) is 0 Å². The van der Waals surface area contributed by atoms with Gasteiger partial charge in [-0.25, -0.2) is 13.1 Å². The Bertz CT molecular complexity index is 682. The summed E-state index contributed by atoms with van der Waals surface area (Å²) in [5.41, 5.74) is 0.634. The molecule has 1 aromatic carbocycles. The fraction of sp³-hybridized carbons (Fsp3) is 0.222. The molecule has 0 atom stereocenters. The SMILES string of the molecule is Cc1ccc(Br)cc1S(=O)(=O)Nc1nnn(C)n1. The number of tetrazole rings is 1. The van der Waals surface area contributed by atoms with Gasteiger partial charge in [0.1, 0.15) is 0 Å². The first kappa shape index (κ1) is 13.0. The lowest BCUT2D eigenvalue weighted by Gasteiger charge is -2.07. The van der Waals surface area contributed by atoms with Gasteiger partial charge in [0.05, 0.1) is 11.9 Å². The molecule has 1 aromatic heterocycles. The normalized spacial score (nSPS) is 11.5. The number of aryl methyl sites for hydroxylation is 2. The second-order valence-corrected chi connectivity index (χ2v) is 6.18. The van der Waals surface area contributed by atoms with Crippen LogP contribution in [0, 0.1) is 6.92 Å². The summed E-state index contributed by atoms with van der Waals surface area (Å²) in [5.74, 6) is -0.0584. The molecule has 7 nitrogen and oxygen atoms in total. The van der Waals surface area contributed by atoms with E-state index in [2.05, 4.69) is 36.1 Å². The average Bonchev–Trinajstić information content (AvgIpc) is 2.66. The van der Waals surface area contributed by atoms with E-state index in [4.69, 9.17) is 0 Å². The molecule has 1 heterocycles. The van der Waals surface area contributed by atoms with E-state index < -0.39 is 10.0 Å². The van der Waals surface area contributed by atoms with Crippen molar-refractivity contribution in [3.05, 3.63) is 28.2 Å². The molecule has 0 bridgehead atoms. The zero-order valence-corrected chi connectivity index (χ0v) is 12.0. The molecule has 1 N–H and O–H groups in total. The number of nitrogens with one attached hydrogen (secondary N) is 1. The van der Waals surface area contributed by atoms with Crippen molar-refractivity contribution in [1.82, 2.24) is 20.2 Å². The maximum atomic E-state index is 12.1. The van der Waals surface area contributed by atoms with Crippen LogP contribution in [0.4, 0.5) is 5.95 Å². The van der Waals surface area contributed by atoms with Crippen LogP contribution in [0.2, 0.25) is 0 Å². The van der Waals surface area contributed by atoms with Gasteiger partial charge in [-0.2, -0.15) is 4.80 Å². The van der Waals surface area contributed by atoms with Crippen molar-refractivity contribution in [3.63, 3.8) is 0 Å². The number of hydrogen-bond donors (Lipinski definition) is 1. The highest BCUT2D eigenvalue weighted by Gasteiger charge is 2.19. The minimum absolute atomic E-state index is 0.0584. The van der Waals surface area contributed by atoms with E-state index in [9.17, 15) is 8.42 Å². The van der Waals surface area contributed by atoms with Gasteiger partial charge in [0.25, 0.3) is 16.0 Å². The smallest absolute Gasteiger partial charge is 0.245 e. The number of anilines is 1. The Morgan fingerprint density at radius 3 is 2.72 bits per heavy atom. The second-order valence-electron chi connectivity index (χ2n) is 3.62. The number of nitrogens with zero attached hydrogens (tertiary/aromatic N) is 4. The Labute approximate surface area is 112 Å². The number of benzene rings is 1. The molecule has 2 rings (SSSR count). The summed E-state index contributed by atoms with van der Waals surface area (Å²) in [5, 5.41) is 10.9. The van der Waals surface area contributed by atoms with Crippen LogP contribution in [0.1, 0.15) is 5.56 Å². The van der Waals surface area contributed by atoms with E-state index in [0.717, 1.165) is 0 Å². The summed E-state index contributed by atoms with van der Waals surface area (Å²) in [6.45, 7) is 1.71. The standard InChI is InChI=1S/C9H10BrN5O2S/c1-6-3-4-7(10)5-8(6)18(16,17)13-9-11-14-15(2)12-9/h3-5H,1-2H3,(H,12,13). The van der Waals surface area contributed by atoms with E-state index in [1.54, 1.807) is 26.1 Å². The molecular weight excluding hydrogens is 322 g/mol.